The minimum Gasteiger partial charge on any atom is -0.379 e. The molecular weight excluding hydrogens is 320 g/mol. The van der Waals surface area contributed by atoms with Crippen LogP contribution in [0.1, 0.15) is 13.8 Å². The quantitative estimate of drug-likeness (QED) is 0.904. The highest BCUT2D eigenvalue weighted by Crippen LogP contribution is 2.32. The Bertz CT molecular complexity index is 913. The molecule has 132 valence electrons. The first-order valence-corrected chi connectivity index (χ1v) is 8.31. The lowest BCUT2D eigenvalue weighted by molar-refractivity contribution is -0.119. The zero-order valence-electron chi connectivity index (χ0n) is 14.6. The Kier molecular flexibility index (Phi) is 4.48. The van der Waals surface area contributed by atoms with E-state index in [-0.39, 0.29) is 24.1 Å². The van der Waals surface area contributed by atoms with E-state index < -0.39 is 5.69 Å². The number of para-hydroxylation sites is 2. The van der Waals surface area contributed by atoms with Crippen LogP contribution in [0.25, 0.3) is 0 Å². The molecule has 0 radical (unpaired) electrons. The van der Waals surface area contributed by atoms with Gasteiger partial charge in [-0.3, -0.25) is 18.7 Å². The van der Waals surface area contributed by atoms with Gasteiger partial charge in [-0.25, -0.2) is 4.79 Å². The lowest BCUT2D eigenvalue weighted by Gasteiger charge is -2.37. The number of rotatable bonds is 3. The third-order valence-corrected chi connectivity index (χ3v) is 4.59. The summed E-state index contributed by atoms with van der Waals surface area (Å²) < 4.78 is 2.26. The van der Waals surface area contributed by atoms with Crippen molar-refractivity contribution in [1.29, 1.82) is 0 Å². The van der Waals surface area contributed by atoms with Crippen LogP contribution in [-0.4, -0.2) is 27.6 Å². The van der Waals surface area contributed by atoms with E-state index in [1.807, 2.05) is 24.3 Å². The summed E-state index contributed by atoms with van der Waals surface area (Å²) in [6.07, 6.45) is 1.37. The molecule has 7 nitrogen and oxygen atoms in total. The number of nitrogens with one attached hydrogen (secondary N) is 1. The third-order valence-electron chi connectivity index (χ3n) is 4.59. The maximum Gasteiger partial charge on any atom is 0.331 e. The molecule has 2 aromatic rings. The second-order valence-electron chi connectivity index (χ2n) is 6.64. The number of benzene rings is 1. The number of amides is 1. The van der Waals surface area contributed by atoms with Gasteiger partial charge < -0.3 is 10.2 Å². The summed E-state index contributed by atoms with van der Waals surface area (Å²) in [5.74, 6) is 0.171. The third kappa shape index (κ3) is 3.22. The Labute approximate surface area is 145 Å². The van der Waals surface area contributed by atoms with Crippen LogP contribution in [0.15, 0.2) is 46.1 Å². The van der Waals surface area contributed by atoms with E-state index in [9.17, 15) is 14.4 Å². The molecule has 0 spiro atoms. The molecule has 1 atom stereocenters. The molecule has 0 fully saturated rings. The molecular formula is C18H22N4O3. The Morgan fingerprint density at radius 1 is 1.24 bits per heavy atom. The molecule has 1 aromatic heterocycles. The minimum atomic E-state index is -0.496. The smallest absolute Gasteiger partial charge is 0.331 e. The molecule has 0 bridgehead atoms. The van der Waals surface area contributed by atoms with Crippen LogP contribution in [0.4, 0.5) is 11.4 Å². The van der Waals surface area contributed by atoms with Crippen LogP contribution < -0.4 is 21.5 Å². The number of carbonyl (C=O) groups is 1. The van der Waals surface area contributed by atoms with Crippen LogP contribution in [0.2, 0.25) is 0 Å². The topological polar surface area (TPSA) is 76.3 Å². The van der Waals surface area contributed by atoms with Crippen molar-refractivity contribution in [2.45, 2.75) is 26.4 Å². The lowest BCUT2D eigenvalue weighted by atomic mass is 10.00. The van der Waals surface area contributed by atoms with Crippen LogP contribution in [0, 0.1) is 5.92 Å². The summed E-state index contributed by atoms with van der Waals surface area (Å²) in [6, 6.07) is 9.07. The van der Waals surface area contributed by atoms with Crippen LogP contribution in [-0.2, 0) is 18.4 Å². The minimum absolute atomic E-state index is 0.105. The molecule has 25 heavy (non-hydrogen) atoms. The van der Waals surface area contributed by atoms with E-state index >= 15 is 0 Å². The van der Waals surface area contributed by atoms with E-state index in [2.05, 4.69) is 19.2 Å². The summed E-state index contributed by atoms with van der Waals surface area (Å²) in [6.45, 7) is 4.64. The Morgan fingerprint density at radius 2 is 1.96 bits per heavy atom. The van der Waals surface area contributed by atoms with Gasteiger partial charge in [0.2, 0.25) is 5.91 Å². The Hall–Kier alpha value is -2.83. The molecule has 7 heteroatoms. The van der Waals surface area contributed by atoms with Crippen molar-refractivity contribution in [2.24, 2.45) is 13.0 Å². The van der Waals surface area contributed by atoms with Gasteiger partial charge in [0.25, 0.3) is 5.56 Å². The normalized spacial score (nSPS) is 16.5. The molecule has 0 saturated carbocycles. The molecule has 1 N–H and O–H groups in total. The largest absolute Gasteiger partial charge is 0.379 e. The number of anilines is 2. The fourth-order valence-corrected chi connectivity index (χ4v) is 2.95. The number of nitrogens with zero attached hydrogens (tertiary/aromatic N) is 3. The molecule has 2 heterocycles. The summed E-state index contributed by atoms with van der Waals surface area (Å²) in [5.41, 5.74) is 0.835. The van der Waals surface area contributed by atoms with Crippen molar-refractivity contribution in [3.8, 4) is 0 Å². The van der Waals surface area contributed by atoms with Gasteiger partial charge in [-0.15, -0.1) is 0 Å². The highest BCUT2D eigenvalue weighted by Gasteiger charge is 2.29. The van der Waals surface area contributed by atoms with Crippen LogP contribution in [0.3, 0.4) is 0 Å². The van der Waals surface area contributed by atoms with Gasteiger partial charge in [-0.2, -0.15) is 0 Å². The number of carbonyl (C=O) groups excluding carboxylic acids is 1. The van der Waals surface area contributed by atoms with Gasteiger partial charge in [0.15, 0.2) is 0 Å². The van der Waals surface area contributed by atoms with Crippen molar-refractivity contribution < 1.29 is 4.79 Å². The number of hydrogen-bond acceptors (Lipinski definition) is 4. The SMILES string of the molecule is CC(C)[C@@H]1CN(C(=O)Cn2ccc(=O)n(C)c2=O)c2ccccc2N1. The second kappa shape index (κ2) is 6.58. The van der Waals surface area contributed by atoms with Gasteiger partial charge >= 0.3 is 5.69 Å². The average Bonchev–Trinajstić information content (AvgIpc) is 2.61. The number of hydrogen-bond donors (Lipinski definition) is 1. The summed E-state index contributed by atoms with van der Waals surface area (Å²) in [5, 5.41) is 3.47. The zero-order valence-corrected chi connectivity index (χ0v) is 14.6. The maximum atomic E-state index is 12.9. The van der Waals surface area contributed by atoms with Gasteiger partial charge in [0.1, 0.15) is 6.54 Å². The van der Waals surface area contributed by atoms with Crippen molar-refractivity contribution in [3.05, 3.63) is 57.4 Å². The van der Waals surface area contributed by atoms with Crippen LogP contribution >= 0.6 is 0 Å². The first kappa shape index (κ1) is 17.0. The standard InChI is InChI=1S/C18H22N4O3/c1-12(2)14-10-22(15-7-5-4-6-13(15)19-14)17(24)11-21-9-8-16(23)20(3)18(21)25/h4-9,12,14,19H,10-11H2,1-3H3/t14-/m0/s1. The van der Waals surface area contributed by atoms with Crippen molar-refractivity contribution in [3.63, 3.8) is 0 Å². The molecule has 0 saturated heterocycles. The van der Waals surface area contributed by atoms with E-state index in [0.29, 0.717) is 12.5 Å². The van der Waals surface area contributed by atoms with E-state index in [1.54, 1.807) is 4.90 Å². The van der Waals surface area contributed by atoms with Gasteiger partial charge in [0, 0.05) is 31.9 Å². The molecule has 3 rings (SSSR count). The molecule has 1 aliphatic rings. The predicted molar refractivity (Wildman–Crippen MR) is 97.0 cm³/mol. The monoisotopic (exact) mass is 342 g/mol. The maximum absolute atomic E-state index is 12.9. The molecule has 1 aromatic carbocycles. The second-order valence-corrected chi connectivity index (χ2v) is 6.64. The summed E-state index contributed by atoms with van der Waals surface area (Å²) in [7, 11) is 1.40. The number of aromatic nitrogens is 2. The van der Waals surface area contributed by atoms with E-state index in [4.69, 9.17) is 0 Å². The van der Waals surface area contributed by atoms with Crippen molar-refractivity contribution >= 4 is 17.3 Å². The molecule has 0 aliphatic carbocycles. The first-order chi connectivity index (χ1) is 11.9. The molecule has 1 amide bonds. The Balaban J connectivity index is 1.92. The summed E-state index contributed by atoms with van der Waals surface area (Å²) in [4.78, 5) is 38.3. The van der Waals surface area contributed by atoms with E-state index in [1.165, 1.54) is 23.9 Å². The highest BCUT2D eigenvalue weighted by molar-refractivity contribution is 5.97. The molecule has 0 unspecified atom stereocenters. The van der Waals surface area contributed by atoms with Crippen LogP contribution in [0.5, 0.6) is 0 Å². The van der Waals surface area contributed by atoms with Crippen molar-refractivity contribution in [2.75, 3.05) is 16.8 Å². The van der Waals surface area contributed by atoms with Crippen molar-refractivity contribution in [1.82, 2.24) is 9.13 Å². The Morgan fingerprint density at radius 3 is 2.68 bits per heavy atom. The fraction of sp³-hybridized carbons (Fsp3) is 0.389. The predicted octanol–water partition coefficient (Wildman–Crippen LogP) is 1.03. The fourth-order valence-electron chi connectivity index (χ4n) is 2.95. The van der Waals surface area contributed by atoms with Gasteiger partial charge in [-0.1, -0.05) is 26.0 Å². The van der Waals surface area contributed by atoms with E-state index in [0.717, 1.165) is 15.9 Å². The first-order valence-electron chi connectivity index (χ1n) is 8.31. The zero-order chi connectivity index (χ0) is 18.1. The summed E-state index contributed by atoms with van der Waals surface area (Å²) >= 11 is 0. The van der Waals surface area contributed by atoms with Gasteiger partial charge in [0.05, 0.1) is 11.4 Å². The lowest BCUT2D eigenvalue weighted by Crippen LogP contribution is -2.49. The average molecular weight is 342 g/mol. The number of fused-ring (bicyclic) bond motifs is 1. The molecule has 1 aliphatic heterocycles. The van der Waals surface area contributed by atoms with Gasteiger partial charge in [-0.05, 0) is 18.1 Å². The highest BCUT2D eigenvalue weighted by atomic mass is 16.2.